The van der Waals surface area contributed by atoms with E-state index in [0.29, 0.717) is 0 Å². The zero-order chi connectivity index (χ0) is 30.0. The quantitative estimate of drug-likeness (QED) is 0.111. The van der Waals surface area contributed by atoms with Crippen molar-refractivity contribution < 1.29 is 76.7 Å². The molecular formula is C22H28F4N2O12. The van der Waals surface area contributed by atoms with Crippen LogP contribution in [0, 0.1) is 23.3 Å². The molecule has 0 radical (unpaired) electrons. The van der Waals surface area contributed by atoms with Crippen molar-refractivity contribution in [2.24, 2.45) is 0 Å². The molecule has 2 fully saturated rings. The molecule has 18 heteroatoms. The first-order chi connectivity index (χ1) is 18.8. The molecule has 0 aromatic heterocycles. The Hall–Kier alpha value is -2.68. The van der Waals surface area contributed by atoms with Gasteiger partial charge < -0.3 is 60.2 Å². The van der Waals surface area contributed by atoms with Crippen molar-refractivity contribution in [3.8, 4) is 5.75 Å². The first-order valence-corrected chi connectivity index (χ1v) is 11.7. The van der Waals surface area contributed by atoms with E-state index < -0.39 is 121 Å². The standard InChI is InChI=1S/C22H28F4N2O12/c1-5(31)27-14-16(33)18(7(4-30)38-21(14)36)40-22-17(34)13(15(32)6(3-29)39-22)28-20(35)8-9(23)11(25)19(37-2)12(26)10(8)24/h6-7,13-18,21-22,29-30,32-34,36H,3-4H2,1-2H3,(H,27,31)(H,28,35)/t6-,7-,13+,14-,15+,16-,17-,18-,21-,22+/m1/s1. The minimum Gasteiger partial charge on any atom is -0.491 e. The van der Waals surface area contributed by atoms with Gasteiger partial charge in [-0.2, -0.15) is 8.78 Å². The predicted molar refractivity (Wildman–Crippen MR) is 118 cm³/mol. The highest BCUT2D eigenvalue weighted by atomic mass is 19.2. The Kier molecular flexibility index (Phi) is 10.3. The van der Waals surface area contributed by atoms with Crippen molar-refractivity contribution in [2.75, 3.05) is 20.3 Å². The summed E-state index contributed by atoms with van der Waals surface area (Å²) in [4.78, 5) is 24.1. The maximum Gasteiger partial charge on any atom is 0.257 e. The van der Waals surface area contributed by atoms with Crippen LogP contribution in [0.5, 0.6) is 5.75 Å². The Labute approximate surface area is 223 Å². The second-order valence-electron chi connectivity index (χ2n) is 8.94. The minimum absolute atomic E-state index is 0.695. The lowest BCUT2D eigenvalue weighted by atomic mass is 9.94. The average Bonchev–Trinajstić information content (AvgIpc) is 2.90. The lowest BCUT2D eigenvalue weighted by Gasteiger charge is -2.47. The second-order valence-corrected chi connectivity index (χ2v) is 8.94. The zero-order valence-corrected chi connectivity index (χ0v) is 20.8. The predicted octanol–water partition coefficient (Wildman–Crippen LogP) is -3.25. The fourth-order valence-corrected chi connectivity index (χ4v) is 4.38. The maximum atomic E-state index is 14.4. The number of ether oxygens (including phenoxy) is 4. The number of aliphatic hydroxyl groups is 6. The molecule has 3 rings (SSSR count). The molecule has 40 heavy (non-hydrogen) atoms. The summed E-state index contributed by atoms with van der Waals surface area (Å²) in [6.07, 6.45) is -14.5. The van der Waals surface area contributed by atoms with Crippen LogP contribution in [-0.4, -0.2) is 124 Å². The van der Waals surface area contributed by atoms with Crippen molar-refractivity contribution in [3.05, 3.63) is 28.8 Å². The summed E-state index contributed by atoms with van der Waals surface area (Å²) in [7, 11) is 0.721. The van der Waals surface area contributed by atoms with Gasteiger partial charge in [0.2, 0.25) is 17.5 Å². The summed E-state index contributed by atoms with van der Waals surface area (Å²) in [5.41, 5.74) is -1.76. The molecule has 2 saturated heterocycles. The third kappa shape index (κ3) is 5.99. The molecule has 1 aromatic carbocycles. The summed E-state index contributed by atoms with van der Waals surface area (Å²) in [5.74, 6) is -12.3. The molecule has 1 aromatic rings. The Morgan fingerprint density at radius 2 is 1.40 bits per heavy atom. The van der Waals surface area contributed by atoms with Gasteiger partial charge in [-0.05, 0) is 0 Å². The summed E-state index contributed by atoms with van der Waals surface area (Å²) in [6.45, 7) is -0.781. The van der Waals surface area contributed by atoms with Crippen LogP contribution in [-0.2, 0) is 19.0 Å². The van der Waals surface area contributed by atoms with E-state index in [9.17, 15) is 57.8 Å². The molecule has 0 saturated carbocycles. The van der Waals surface area contributed by atoms with Crippen LogP contribution >= 0.6 is 0 Å². The van der Waals surface area contributed by atoms with Crippen LogP contribution in [0.3, 0.4) is 0 Å². The molecule has 0 bridgehead atoms. The van der Waals surface area contributed by atoms with Gasteiger partial charge in [-0.15, -0.1) is 0 Å². The lowest BCUT2D eigenvalue weighted by molar-refractivity contribution is -0.334. The van der Waals surface area contributed by atoms with Crippen molar-refractivity contribution in [1.29, 1.82) is 0 Å². The third-order valence-corrected chi connectivity index (χ3v) is 6.37. The average molecular weight is 588 g/mol. The fourth-order valence-electron chi connectivity index (χ4n) is 4.38. The number of hydrogen-bond donors (Lipinski definition) is 8. The summed E-state index contributed by atoms with van der Waals surface area (Å²) >= 11 is 0. The van der Waals surface area contributed by atoms with Crippen LogP contribution < -0.4 is 15.4 Å². The smallest absolute Gasteiger partial charge is 0.257 e. The van der Waals surface area contributed by atoms with Crippen LogP contribution in [0.15, 0.2) is 0 Å². The highest BCUT2D eigenvalue weighted by Crippen LogP contribution is 2.32. The van der Waals surface area contributed by atoms with E-state index in [4.69, 9.17) is 14.2 Å². The monoisotopic (exact) mass is 588 g/mol. The molecule has 0 unspecified atom stereocenters. The number of rotatable bonds is 8. The molecule has 8 N–H and O–H groups in total. The molecule has 2 aliphatic rings. The number of aliphatic hydroxyl groups excluding tert-OH is 6. The molecule has 14 nitrogen and oxygen atoms in total. The van der Waals surface area contributed by atoms with Gasteiger partial charge >= 0.3 is 0 Å². The van der Waals surface area contributed by atoms with Gasteiger partial charge in [0.05, 0.1) is 26.4 Å². The van der Waals surface area contributed by atoms with Gasteiger partial charge in [0, 0.05) is 6.92 Å². The third-order valence-electron chi connectivity index (χ3n) is 6.37. The van der Waals surface area contributed by atoms with Crippen molar-refractivity contribution >= 4 is 11.8 Å². The SMILES string of the molecule is COc1c(F)c(F)c(C(=O)N[C@H]2[C@@H](O)[C@@H](CO)O[C@@H](O[C@H]3[C@H](O)[C@@H](NC(C)=O)[C@H](O)O[C@@H]3CO)[C@@H]2O)c(F)c1F. The van der Waals surface area contributed by atoms with Crippen LogP contribution in [0.2, 0.25) is 0 Å². The number of carbonyl (C=O) groups excluding carboxylic acids is 2. The summed E-state index contributed by atoms with van der Waals surface area (Å²) in [6, 6.07) is -3.46. The molecule has 0 aliphatic carbocycles. The second kappa shape index (κ2) is 12.9. The molecule has 2 aliphatic heterocycles. The van der Waals surface area contributed by atoms with Gasteiger partial charge in [-0.3, -0.25) is 9.59 Å². The number of benzene rings is 1. The molecule has 2 heterocycles. The summed E-state index contributed by atoms with van der Waals surface area (Å²) in [5, 5.41) is 65.4. The first kappa shape index (κ1) is 31.8. The first-order valence-electron chi connectivity index (χ1n) is 11.7. The number of amides is 2. The van der Waals surface area contributed by atoms with Crippen LogP contribution in [0.1, 0.15) is 17.3 Å². The molecular weight excluding hydrogens is 560 g/mol. The van der Waals surface area contributed by atoms with E-state index in [0.717, 1.165) is 14.0 Å². The van der Waals surface area contributed by atoms with Crippen LogP contribution in [0.25, 0.3) is 0 Å². The number of hydrogen-bond acceptors (Lipinski definition) is 12. The largest absolute Gasteiger partial charge is 0.491 e. The Morgan fingerprint density at radius 3 is 1.90 bits per heavy atom. The minimum atomic E-state index is -2.15. The van der Waals surface area contributed by atoms with E-state index in [1.165, 1.54) is 0 Å². The Balaban J connectivity index is 1.89. The normalized spacial score (nSPS) is 34.3. The number of nitrogens with one attached hydrogen (secondary N) is 2. The van der Waals surface area contributed by atoms with E-state index >= 15 is 0 Å². The number of methoxy groups -OCH3 is 1. The molecule has 2 amide bonds. The Bertz CT molecular complexity index is 1070. The molecule has 226 valence electrons. The van der Waals surface area contributed by atoms with E-state index in [2.05, 4.69) is 10.1 Å². The van der Waals surface area contributed by atoms with Crippen molar-refractivity contribution in [1.82, 2.24) is 10.6 Å². The van der Waals surface area contributed by atoms with Crippen molar-refractivity contribution in [3.63, 3.8) is 0 Å². The topological polar surface area (TPSA) is 216 Å². The van der Waals surface area contributed by atoms with Crippen LogP contribution in [0.4, 0.5) is 17.6 Å². The highest BCUT2D eigenvalue weighted by Gasteiger charge is 2.51. The van der Waals surface area contributed by atoms with E-state index in [1.807, 2.05) is 5.32 Å². The molecule has 10 atom stereocenters. The fraction of sp³-hybridized carbons (Fsp3) is 0.636. The summed E-state index contributed by atoms with van der Waals surface area (Å²) < 4.78 is 77.3. The highest BCUT2D eigenvalue weighted by molar-refractivity contribution is 5.95. The van der Waals surface area contributed by atoms with Gasteiger partial charge in [0.25, 0.3) is 5.91 Å². The lowest BCUT2D eigenvalue weighted by Crippen LogP contribution is -2.68. The number of halogens is 4. The molecule has 0 spiro atoms. The van der Waals surface area contributed by atoms with Gasteiger partial charge in [0.1, 0.15) is 48.2 Å². The van der Waals surface area contributed by atoms with Crippen molar-refractivity contribution in [2.45, 2.75) is 68.2 Å². The zero-order valence-electron chi connectivity index (χ0n) is 20.8. The Morgan fingerprint density at radius 1 is 0.825 bits per heavy atom. The maximum absolute atomic E-state index is 14.4. The van der Waals surface area contributed by atoms with E-state index in [1.54, 1.807) is 0 Å². The number of carbonyl (C=O) groups is 2. The van der Waals surface area contributed by atoms with Gasteiger partial charge in [-0.25, -0.2) is 8.78 Å². The van der Waals surface area contributed by atoms with E-state index in [-0.39, 0.29) is 0 Å². The van der Waals surface area contributed by atoms with Gasteiger partial charge in [-0.1, -0.05) is 0 Å². The van der Waals surface area contributed by atoms with Gasteiger partial charge in [0.15, 0.2) is 30.0 Å².